The first-order valence-corrected chi connectivity index (χ1v) is 9.20. The molecule has 8 heteroatoms. The van der Waals surface area contributed by atoms with Gasteiger partial charge in [-0.05, 0) is 31.5 Å². The van der Waals surface area contributed by atoms with Crippen molar-refractivity contribution in [3.05, 3.63) is 35.0 Å². The Morgan fingerprint density at radius 1 is 1.38 bits per heavy atom. The number of primary amides is 1. The summed E-state index contributed by atoms with van der Waals surface area (Å²) in [6.07, 6.45) is 2.85. The maximum atomic E-state index is 11.6. The Bertz CT molecular complexity index is 973. The van der Waals surface area contributed by atoms with Gasteiger partial charge < -0.3 is 15.4 Å². The largest absolute Gasteiger partial charge is 0.367 e. The van der Waals surface area contributed by atoms with Crippen LogP contribution in [0.25, 0.3) is 21.6 Å². The van der Waals surface area contributed by atoms with Crippen LogP contribution in [0.2, 0.25) is 0 Å². The minimum Gasteiger partial charge on any atom is -0.367 e. The van der Waals surface area contributed by atoms with Crippen molar-refractivity contribution in [1.82, 2.24) is 15.0 Å². The fraction of sp³-hybridized carbons (Fsp3) is 0.333. The third-order valence-electron chi connectivity index (χ3n) is 4.61. The number of fused-ring (bicyclic) bond motifs is 1. The standard InChI is InChI=1S/C18H19N5O2S/c1-10-11(2)26-18-14(10)17(23-6-7-25-13(9-23)15(19)24)21-16(22-18)12-4-3-5-20-8-12/h3-5,8,13H,6-7,9H2,1-2H3,(H2,19,24). The lowest BCUT2D eigenvalue weighted by molar-refractivity contribution is -0.130. The van der Waals surface area contributed by atoms with Crippen LogP contribution in [-0.2, 0) is 9.53 Å². The average Bonchev–Trinajstić information content (AvgIpc) is 2.96. The van der Waals surface area contributed by atoms with E-state index in [0.717, 1.165) is 21.6 Å². The summed E-state index contributed by atoms with van der Waals surface area (Å²) in [5.41, 5.74) is 7.47. The van der Waals surface area contributed by atoms with E-state index in [9.17, 15) is 4.79 Å². The average molecular weight is 369 g/mol. The van der Waals surface area contributed by atoms with Gasteiger partial charge in [0, 0.05) is 29.4 Å². The minimum atomic E-state index is -0.629. The van der Waals surface area contributed by atoms with Crippen molar-refractivity contribution in [1.29, 1.82) is 0 Å². The zero-order valence-corrected chi connectivity index (χ0v) is 15.4. The van der Waals surface area contributed by atoms with E-state index in [1.165, 1.54) is 10.4 Å². The smallest absolute Gasteiger partial charge is 0.248 e. The fourth-order valence-corrected chi connectivity index (χ4v) is 4.12. The van der Waals surface area contributed by atoms with Crippen LogP contribution < -0.4 is 10.6 Å². The van der Waals surface area contributed by atoms with Crippen LogP contribution in [0.1, 0.15) is 10.4 Å². The van der Waals surface area contributed by atoms with Crippen molar-refractivity contribution in [2.75, 3.05) is 24.6 Å². The first kappa shape index (κ1) is 16.9. The molecule has 1 aliphatic heterocycles. The Hall–Kier alpha value is -2.58. The Morgan fingerprint density at radius 3 is 2.96 bits per heavy atom. The number of amides is 1. The van der Waals surface area contributed by atoms with E-state index in [-0.39, 0.29) is 0 Å². The number of morpholine rings is 1. The van der Waals surface area contributed by atoms with Crippen molar-refractivity contribution in [2.45, 2.75) is 20.0 Å². The van der Waals surface area contributed by atoms with Gasteiger partial charge >= 0.3 is 0 Å². The molecule has 0 spiro atoms. The molecule has 7 nitrogen and oxygen atoms in total. The summed E-state index contributed by atoms with van der Waals surface area (Å²) in [5, 5.41) is 1.03. The molecular formula is C18H19N5O2S. The molecule has 2 N–H and O–H groups in total. The van der Waals surface area contributed by atoms with Crippen LogP contribution in [0, 0.1) is 13.8 Å². The Labute approximate surface area is 154 Å². The van der Waals surface area contributed by atoms with Gasteiger partial charge in [-0.15, -0.1) is 11.3 Å². The van der Waals surface area contributed by atoms with E-state index in [1.807, 2.05) is 12.1 Å². The molecular weight excluding hydrogens is 350 g/mol. The first-order valence-electron chi connectivity index (χ1n) is 8.38. The number of anilines is 1. The summed E-state index contributed by atoms with van der Waals surface area (Å²) in [6.45, 7) is 5.64. The molecule has 1 atom stereocenters. The van der Waals surface area contributed by atoms with Gasteiger partial charge in [-0.2, -0.15) is 0 Å². The van der Waals surface area contributed by atoms with Crippen LogP contribution in [0.15, 0.2) is 24.5 Å². The maximum Gasteiger partial charge on any atom is 0.248 e. The van der Waals surface area contributed by atoms with Gasteiger partial charge in [0.15, 0.2) is 11.9 Å². The van der Waals surface area contributed by atoms with Crippen molar-refractivity contribution >= 4 is 33.3 Å². The van der Waals surface area contributed by atoms with E-state index < -0.39 is 12.0 Å². The molecule has 1 aliphatic rings. The lowest BCUT2D eigenvalue weighted by Gasteiger charge is -2.32. The third kappa shape index (κ3) is 2.91. The Morgan fingerprint density at radius 2 is 2.23 bits per heavy atom. The number of pyridine rings is 1. The third-order valence-corrected chi connectivity index (χ3v) is 5.71. The number of hydrogen-bond acceptors (Lipinski definition) is 7. The van der Waals surface area contributed by atoms with Gasteiger partial charge in [0.1, 0.15) is 10.6 Å². The number of rotatable bonds is 3. The molecule has 1 fully saturated rings. The van der Waals surface area contributed by atoms with Gasteiger partial charge in [-0.25, -0.2) is 9.97 Å². The molecule has 0 bridgehead atoms. The van der Waals surface area contributed by atoms with Gasteiger partial charge in [0.05, 0.1) is 18.5 Å². The second-order valence-corrected chi connectivity index (χ2v) is 7.49. The van der Waals surface area contributed by atoms with Crippen LogP contribution in [-0.4, -0.2) is 46.7 Å². The second-order valence-electron chi connectivity index (χ2n) is 6.28. The van der Waals surface area contributed by atoms with Crippen LogP contribution in [0.5, 0.6) is 0 Å². The summed E-state index contributed by atoms with van der Waals surface area (Å²) in [7, 11) is 0. The molecule has 4 heterocycles. The molecule has 134 valence electrons. The zero-order valence-electron chi connectivity index (χ0n) is 14.6. The van der Waals surface area contributed by atoms with Crippen molar-refractivity contribution < 1.29 is 9.53 Å². The lowest BCUT2D eigenvalue weighted by Crippen LogP contribution is -2.48. The number of hydrogen-bond donors (Lipinski definition) is 1. The quantitative estimate of drug-likeness (QED) is 0.759. The number of aromatic nitrogens is 3. The summed E-state index contributed by atoms with van der Waals surface area (Å²) in [6, 6.07) is 3.81. The molecule has 4 rings (SSSR count). The van der Waals surface area contributed by atoms with Crippen molar-refractivity contribution in [2.24, 2.45) is 5.73 Å². The molecule has 1 unspecified atom stereocenters. The number of aryl methyl sites for hydroxylation is 2. The van der Waals surface area contributed by atoms with Gasteiger partial charge in [0.25, 0.3) is 0 Å². The lowest BCUT2D eigenvalue weighted by atomic mass is 10.1. The predicted molar refractivity (Wildman–Crippen MR) is 101 cm³/mol. The SMILES string of the molecule is Cc1sc2nc(-c3cccnc3)nc(N3CCOC(C(N)=O)C3)c2c1C. The highest BCUT2D eigenvalue weighted by Crippen LogP contribution is 2.37. The van der Waals surface area contributed by atoms with Gasteiger partial charge in [-0.3, -0.25) is 9.78 Å². The summed E-state index contributed by atoms with van der Waals surface area (Å²) >= 11 is 1.65. The molecule has 1 saturated heterocycles. The molecule has 26 heavy (non-hydrogen) atoms. The van der Waals surface area contributed by atoms with Crippen LogP contribution >= 0.6 is 11.3 Å². The van der Waals surface area contributed by atoms with E-state index in [0.29, 0.717) is 25.5 Å². The van der Waals surface area contributed by atoms with Gasteiger partial charge in [-0.1, -0.05) is 0 Å². The summed E-state index contributed by atoms with van der Waals surface area (Å²) in [5.74, 6) is 1.000. The molecule has 3 aromatic rings. The number of carbonyl (C=O) groups excluding carboxylic acids is 1. The number of nitrogens with zero attached hydrogens (tertiary/aromatic N) is 4. The summed E-state index contributed by atoms with van der Waals surface area (Å²) < 4.78 is 5.49. The zero-order chi connectivity index (χ0) is 18.3. The highest BCUT2D eigenvalue weighted by molar-refractivity contribution is 7.18. The van der Waals surface area contributed by atoms with E-state index >= 15 is 0 Å². The van der Waals surface area contributed by atoms with E-state index in [2.05, 4.69) is 23.7 Å². The van der Waals surface area contributed by atoms with Crippen molar-refractivity contribution in [3.63, 3.8) is 0 Å². The molecule has 0 saturated carbocycles. The Kier molecular flexibility index (Phi) is 4.29. The number of thiophene rings is 1. The highest BCUT2D eigenvalue weighted by atomic mass is 32.1. The van der Waals surface area contributed by atoms with Crippen LogP contribution in [0.4, 0.5) is 5.82 Å². The fourth-order valence-electron chi connectivity index (χ4n) is 3.10. The van der Waals surface area contributed by atoms with Gasteiger partial charge in [0.2, 0.25) is 5.91 Å². The van der Waals surface area contributed by atoms with Crippen LogP contribution in [0.3, 0.4) is 0 Å². The Balaban J connectivity index is 1.87. The predicted octanol–water partition coefficient (Wildman–Crippen LogP) is 2.06. The second kappa shape index (κ2) is 6.62. The number of ether oxygens (including phenoxy) is 1. The van der Waals surface area contributed by atoms with E-state index in [4.69, 9.17) is 20.4 Å². The highest BCUT2D eigenvalue weighted by Gasteiger charge is 2.28. The minimum absolute atomic E-state index is 0.391. The topological polar surface area (TPSA) is 94.2 Å². The normalized spacial score (nSPS) is 17.6. The molecule has 0 aromatic carbocycles. The number of nitrogens with two attached hydrogens (primary N) is 1. The molecule has 0 radical (unpaired) electrons. The van der Waals surface area contributed by atoms with E-state index in [1.54, 1.807) is 23.7 Å². The first-order chi connectivity index (χ1) is 12.5. The summed E-state index contributed by atoms with van der Waals surface area (Å²) in [4.78, 5) is 29.6. The monoisotopic (exact) mass is 369 g/mol. The maximum absolute atomic E-state index is 11.6. The molecule has 0 aliphatic carbocycles. The molecule has 1 amide bonds. The van der Waals surface area contributed by atoms with Crippen molar-refractivity contribution in [3.8, 4) is 11.4 Å². The number of carbonyl (C=O) groups is 1. The molecule has 3 aromatic heterocycles.